The first-order chi connectivity index (χ1) is 13.0. The number of carbonyl (C=O) groups excluding carboxylic acids is 3. The minimum atomic E-state index is -0.459. The van der Waals surface area contributed by atoms with Gasteiger partial charge in [0.05, 0.1) is 11.1 Å². The van der Waals surface area contributed by atoms with Crippen molar-refractivity contribution >= 4 is 23.4 Å². The molecule has 1 fully saturated rings. The highest BCUT2D eigenvalue weighted by atomic mass is 19.1. The van der Waals surface area contributed by atoms with E-state index < -0.39 is 11.7 Å². The van der Waals surface area contributed by atoms with Crippen LogP contribution >= 0.6 is 0 Å². The number of rotatable bonds is 3. The lowest BCUT2D eigenvalue weighted by Crippen LogP contribution is -2.40. The second-order valence-corrected chi connectivity index (χ2v) is 7.00. The van der Waals surface area contributed by atoms with Gasteiger partial charge in [-0.25, -0.2) is 4.39 Å². The molecule has 0 atom stereocenters. The smallest absolute Gasteiger partial charge is 0.261 e. The van der Waals surface area contributed by atoms with Crippen molar-refractivity contribution in [3.8, 4) is 0 Å². The summed E-state index contributed by atoms with van der Waals surface area (Å²) in [4.78, 5) is 39.3. The number of carbonyl (C=O) groups is 3. The van der Waals surface area contributed by atoms with Crippen molar-refractivity contribution < 1.29 is 18.8 Å². The Morgan fingerprint density at radius 1 is 0.963 bits per heavy atom. The number of anilines is 1. The molecule has 27 heavy (non-hydrogen) atoms. The van der Waals surface area contributed by atoms with Gasteiger partial charge >= 0.3 is 0 Å². The molecule has 5 nitrogen and oxygen atoms in total. The summed E-state index contributed by atoms with van der Waals surface area (Å²) in [6.07, 6.45) is 4.82. The van der Waals surface area contributed by atoms with Gasteiger partial charge in [0.25, 0.3) is 17.7 Å². The number of imide groups is 1. The van der Waals surface area contributed by atoms with Crippen LogP contribution in [0.1, 0.15) is 63.2 Å². The zero-order chi connectivity index (χ0) is 19.0. The highest BCUT2D eigenvalue weighted by Gasteiger charge is 2.40. The number of amides is 3. The van der Waals surface area contributed by atoms with Crippen LogP contribution in [-0.4, -0.2) is 28.7 Å². The minimum Gasteiger partial charge on any atom is -0.322 e. The summed E-state index contributed by atoms with van der Waals surface area (Å²) in [6, 6.07) is 10.0. The predicted octanol–water partition coefficient (Wildman–Crippen LogP) is 4.01. The van der Waals surface area contributed by atoms with Gasteiger partial charge in [0.2, 0.25) is 0 Å². The molecule has 1 N–H and O–H groups in total. The van der Waals surface area contributed by atoms with Gasteiger partial charge in [0, 0.05) is 17.3 Å². The molecule has 0 aromatic heterocycles. The summed E-state index contributed by atoms with van der Waals surface area (Å²) >= 11 is 0. The van der Waals surface area contributed by atoms with Gasteiger partial charge in [0.1, 0.15) is 5.82 Å². The molecule has 0 radical (unpaired) electrons. The van der Waals surface area contributed by atoms with E-state index in [-0.39, 0.29) is 29.0 Å². The summed E-state index contributed by atoms with van der Waals surface area (Å²) in [7, 11) is 0. The SMILES string of the molecule is O=C(Nc1cccc(F)c1)c1ccc2c(c1)C(=O)N(C1CCCCC1)C2=O. The van der Waals surface area contributed by atoms with Crippen LogP contribution in [0.3, 0.4) is 0 Å². The zero-order valence-corrected chi connectivity index (χ0v) is 14.7. The number of hydrogen-bond acceptors (Lipinski definition) is 3. The fourth-order valence-corrected chi connectivity index (χ4v) is 3.84. The Morgan fingerprint density at radius 2 is 1.70 bits per heavy atom. The lowest BCUT2D eigenvalue weighted by atomic mass is 9.94. The van der Waals surface area contributed by atoms with E-state index in [4.69, 9.17) is 0 Å². The van der Waals surface area contributed by atoms with Crippen LogP contribution in [-0.2, 0) is 0 Å². The van der Waals surface area contributed by atoms with Gasteiger partial charge in [0.15, 0.2) is 0 Å². The van der Waals surface area contributed by atoms with Crippen molar-refractivity contribution in [3.05, 3.63) is 65.0 Å². The summed E-state index contributed by atoms with van der Waals surface area (Å²) in [5.41, 5.74) is 1.18. The van der Waals surface area contributed by atoms with Crippen LogP contribution in [0, 0.1) is 5.82 Å². The van der Waals surface area contributed by atoms with Crippen molar-refractivity contribution in [2.24, 2.45) is 0 Å². The standard InChI is InChI=1S/C21H19FN2O3/c22-14-5-4-6-15(12-14)23-19(25)13-9-10-17-18(11-13)21(27)24(20(17)26)16-7-2-1-3-8-16/h4-6,9-12,16H,1-3,7-8H2,(H,23,25). The lowest BCUT2D eigenvalue weighted by molar-refractivity contribution is 0.0549. The second-order valence-electron chi connectivity index (χ2n) is 7.00. The maximum atomic E-state index is 13.3. The van der Waals surface area contributed by atoms with E-state index in [1.165, 1.54) is 41.3 Å². The van der Waals surface area contributed by atoms with E-state index in [2.05, 4.69) is 5.32 Å². The molecule has 1 saturated carbocycles. The number of fused-ring (bicyclic) bond motifs is 1. The van der Waals surface area contributed by atoms with Crippen molar-refractivity contribution in [1.29, 1.82) is 0 Å². The van der Waals surface area contributed by atoms with Crippen LogP contribution in [0.4, 0.5) is 10.1 Å². The van der Waals surface area contributed by atoms with Crippen molar-refractivity contribution in [2.45, 2.75) is 38.1 Å². The molecule has 3 amide bonds. The summed E-state index contributed by atoms with van der Waals surface area (Å²) in [5, 5.41) is 2.60. The Hall–Kier alpha value is -3.02. The van der Waals surface area contributed by atoms with Gasteiger partial charge < -0.3 is 5.32 Å². The van der Waals surface area contributed by atoms with Crippen LogP contribution in [0.5, 0.6) is 0 Å². The monoisotopic (exact) mass is 366 g/mol. The zero-order valence-electron chi connectivity index (χ0n) is 14.7. The molecule has 1 aliphatic heterocycles. The summed E-state index contributed by atoms with van der Waals surface area (Å²) in [6.45, 7) is 0. The highest BCUT2D eigenvalue weighted by molar-refractivity contribution is 6.22. The van der Waals surface area contributed by atoms with Gasteiger partial charge in [-0.3, -0.25) is 19.3 Å². The first-order valence-electron chi connectivity index (χ1n) is 9.13. The van der Waals surface area contributed by atoms with E-state index in [1.807, 2.05) is 0 Å². The molecule has 2 aliphatic rings. The Morgan fingerprint density at radius 3 is 2.44 bits per heavy atom. The van der Waals surface area contributed by atoms with Crippen molar-refractivity contribution in [3.63, 3.8) is 0 Å². The summed E-state index contributed by atoms with van der Waals surface area (Å²) in [5.74, 6) is -1.52. The number of nitrogens with one attached hydrogen (secondary N) is 1. The maximum Gasteiger partial charge on any atom is 0.261 e. The molecule has 6 heteroatoms. The Labute approximate surface area is 156 Å². The number of halogens is 1. The number of nitrogens with zero attached hydrogens (tertiary/aromatic N) is 1. The second kappa shape index (κ2) is 6.95. The van der Waals surface area contributed by atoms with Gasteiger partial charge in [-0.05, 0) is 49.2 Å². The van der Waals surface area contributed by atoms with Crippen molar-refractivity contribution in [1.82, 2.24) is 4.90 Å². The van der Waals surface area contributed by atoms with Gasteiger partial charge in [-0.15, -0.1) is 0 Å². The highest BCUT2D eigenvalue weighted by Crippen LogP contribution is 2.31. The van der Waals surface area contributed by atoms with E-state index in [0.717, 1.165) is 32.1 Å². The topological polar surface area (TPSA) is 66.5 Å². The molecular weight excluding hydrogens is 347 g/mol. The summed E-state index contributed by atoms with van der Waals surface area (Å²) < 4.78 is 13.3. The van der Waals surface area contributed by atoms with E-state index in [9.17, 15) is 18.8 Å². The molecule has 0 spiro atoms. The molecule has 2 aromatic carbocycles. The fraction of sp³-hybridized carbons (Fsp3) is 0.286. The lowest BCUT2D eigenvalue weighted by Gasteiger charge is -2.29. The minimum absolute atomic E-state index is 0.0595. The molecule has 1 aliphatic carbocycles. The Bertz CT molecular complexity index is 935. The molecule has 138 valence electrons. The average Bonchev–Trinajstić information content (AvgIpc) is 2.92. The maximum absolute atomic E-state index is 13.3. The van der Waals surface area contributed by atoms with E-state index in [1.54, 1.807) is 6.07 Å². The van der Waals surface area contributed by atoms with Crippen LogP contribution < -0.4 is 5.32 Å². The number of benzene rings is 2. The fourth-order valence-electron chi connectivity index (χ4n) is 3.84. The largest absolute Gasteiger partial charge is 0.322 e. The number of hydrogen-bond donors (Lipinski definition) is 1. The van der Waals surface area contributed by atoms with Crippen LogP contribution in [0.2, 0.25) is 0 Å². The van der Waals surface area contributed by atoms with Crippen molar-refractivity contribution in [2.75, 3.05) is 5.32 Å². The van der Waals surface area contributed by atoms with E-state index in [0.29, 0.717) is 11.3 Å². The third-order valence-electron chi connectivity index (χ3n) is 5.20. The normalized spacial score (nSPS) is 17.1. The third kappa shape index (κ3) is 3.23. The third-order valence-corrected chi connectivity index (χ3v) is 5.20. The first kappa shape index (κ1) is 17.4. The molecule has 0 unspecified atom stereocenters. The first-order valence-corrected chi connectivity index (χ1v) is 9.13. The molecule has 4 rings (SSSR count). The average molecular weight is 366 g/mol. The molecule has 1 heterocycles. The van der Waals surface area contributed by atoms with Crippen LogP contribution in [0.25, 0.3) is 0 Å². The van der Waals surface area contributed by atoms with Gasteiger partial charge in [-0.2, -0.15) is 0 Å². The predicted molar refractivity (Wildman–Crippen MR) is 98.2 cm³/mol. The van der Waals surface area contributed by atoms with Crippen LogP contribution in [0.15, 0.2) is 42.5 Å². The van der Waals surface area contributed by atoms with E-state index >= 15 is 0 Å². The quantitative estimate of drug-likeness (QED) is 0.835. The molecule has 0 saturated heterocycles. The Balaban J connectivity index is 1.58. The van der Waals surface area contributed by atoms with Gasteiger partial charge in [-0.1, -0.05) is 25.3 Å². The molecule has 0 bridgehead atoms. The molecular formula is C21H19FN2O3. The molecule has 2 aromatic rings. The Kier molecular flexibility index (Phi) is 4.48.